The van der Waals surface area contributed by atoms with E-state index in [0.29, 0.717) is 16.6 Å². The zero-order chi connectivity index (χ0) is 15.5. The number of piperidine rings is 1. The maximum absolute atomic E-state index is 12.4. The molecule has 3 rings (SSSR count). The van der Waals surface area contributed by atoms with Crippen molar-refractivity contribution in [1.29, 1.82) is 0 Å². The number of benzene rings is 1. The number of aromatic nitrogens is 1. The highest BCUT2D eigenvalue weighted by atomic mass is 35.5. The molecule has 0 bridgehead atoms. The minimum absolute atomic E-state index is 0.0942. The average Bonchev–Trinajstić information content (AvgIpc) is 2.99. The molecular formula is C16H18ClN3OS. The molecule has 2 unspecified atom stereocenters. The third-order valence-electron chi connectivity index (χ3n) is 3.91. The van der Waals surface area contributed by atoms with Crippen molar-refractivity contribution in [2.45, 2.75) is 19.4 Å². The van der Waals surface area contributed by atoms with Crippen LogP contribution in [0.15, 0.2) is 29.6 Å². The number of nitrogens with zero attached hydrogens (tertiary/aromatic N) is 1. The lowest BCUT2D eigenvalue weighted by Gasteiger charge is -2.29. The van der Waals surface area contributed by atoms with E-state index >= 15 is 0 Å². The van der Waals surface area contributed by atoms with E-state index in [2.05, 4.69) is 22.5 Å². The highest BCUT2D eigenvalue weighted by molar-refractivity contribution is 7.13. The molecule has 0 aliphatic carbocycles. The van der Waals surface area contributed by atoms with Gasteiger partial charge in [0.15, 0.2) is 0 Å². The van der Waals surface area contributed by atoms with Gasteiger partial charge in [0.1, 0.15) is 10.7 Å². The molecule has 1 aliphatic heterocycles. The van der Waals surface area contributed by atoms with E-state index < -0.39 is 0 Å². The number of carbonyl (C=O) groups is 1. The normalized spacial score (nSPS) is 21.5. The van der Waals surface area contributed by atoms with Gasteiger partial charge in [-0.05, 0) is 37.6 Å². The molecular weight excluding hydrogens is 318 g/mol. The predicted octanol–water partition coefficient (Wildman–Crippen LogP) is 3.19. The van der Waals surface area contributed by atoms with Gasteiger partial charge >= 0.3 is 0 Å². The SMILES string of the molecule is CC1CNCCC1NC(=O)c1csc(-c2cccc(Cl)c2)n1. The highest BCUT2D eigenvalue weighted by Crippen LogP contribution is 2.26. The van der Waals surface area contributed by atoms with Crippen LogP contribution in [-0.2, 0) is 0 Å². The number of rotatable bonds is 3. The summed E-state index contributed by atoms with van der Waals surface area (Å²) in [5.41, 5.74) is 1.41. The molecule has 0 radical (unpaired) electrons. The van der Waals surface area contributed by atoms with Gasteiger partial charge in [-0.2, -0.15) is 0 Å². The molecule has 1 aromatic carbocycles. The summed E-state index contributed by atoms with van der Waals surface area (Å²) in [5.74, 6) is 0.340. The quantitative estimate of drug-likeness (QED) is 0.905. The Kier molecular flexibility index (Phi) is 4.76. The van der Waals surface area contributed by atoms with Gasteiger partial charge in [-0.15, -0.1) is 11.3 Å². The summed E-state index contributed by atoms with van der Waals surface area (Å²) in [4.78, 5) is 16.8. The molecule has 116 valence electrons. The van der Waals surface area contributed by atoms with Crippen LogP contribution in [0.5, 0.6) is 0 Å². The Bertz CT molecular complexity index is 673. The Morgan fingerprint density at radius 1 is 1.50 bits per heavy atom. The largest absolute Gasteiger partial charge is 0.348 e. The number of amides is 1. The van der Waals surface area contributed by atoms with Gasteiger partial charge in [0.25, 0.3) is 5.91 Å². The first-order valence-electron chi connectivity index (χ1n) is 7.36. The van der Waals surface area contributed by atoms with E-state index in [1.807, 2.05) is 24.3 Å². The third-order valence-corrected chi connectivity index (χ3v) is 5.04. The highest BCUT2D eigenvalue weighted by Gasteiger charge is 2.24. The van der Waals surface area contributed by atoms with Crippen molar-refractivity contribution in [1.82, 2.24) is 15.6 Å². The van der Waals surface area contributed by atoms with E-state index in [1.165, 1.54) is 11.3 Å². The second-order valence-electron chi connectivity index (χ2n) is 5.60. The van der Waals surface area contributed by atoms with E-state index in [-0.39, 0.29) is 11.9 Å². The second-order valence-corrected chi connectivity index (χ2v) is 6.89. The first kappa shape index (κ1) is 15.5. The molecule has 6 heteroatoms. The molecule has 2 aromatic rings. The van der Waals surface area contributed by atoms with Crippen molar-refractivity contribution in [3.05, 3.63) is 40.4 Å². The molecule has 4 nitrogen and oxygen atoms in total. The van der Waals surface area contributed by atoms with Gasteiger partial charge in [-0.1, -0.05) is 30.7 Å². The van der Waals surface area contributed by atoms with E-state index in [0.717, 1.165) is 30.1 Å². The van der Waals surface area contributed by atoms with Crippen LogP contribution >= 0.6 is 22.9 Å². The molecule has 0 spiro atoms. The summed E-state index contributed by atoms with van der Waals surface area (Å²) in [7, 11) is 0. The van der Waals surface area contributed by atoms with Crippen molar-refractivity contribution >= 4 is 28.8 Å². The maximum atomic E-state index is 12.4. The van der Waals surface area contributed by atoms with Crippen molar-refractivity contribution in [3.8, 4) is 10.6 Å². The van der Waals surface area contributed by atoms with Gasteiger partial charge < -0.3 is 10.6 Å². The topological polar surface area (TPSA) is 54.0 Å². The van der Waals surface area contributed by atoms with Crippen LogP contribution in [0.4, 0.5) is 0 Å². The molecule has 1 aliphatic rings. The van der Waals surface area contributed by atoms with Crippen molar-refractivity contribution in [3.63, 3.8) is 0 Å². The summed E-state index contributed by atoms with van der Waals surface area (Å²) < 4.78 is 0. The summed E-state index contributed by atoms with van der Waals surface area (Å²) >= 11 is 7.46. The summed E-state index contributed by atoms with van der Waals surface area (Å²) in [6.45, 7) is 4.03. The minimum Gasteiger partial charge on any atom is -0.348 e. The molecule has 1 fully saturated rings. The van der Waals surface area contributed by atoms with Gasteiger partial charge in [0.2, 0.25) is 0 Å². The molecule has 2 atom stereocenters. The van der Waals surface area contributed by atoms with Crippen LogP contribution in [0.3, 0.4) is 0 Å². The summed E-state index contributed by atoms with van der Waals surface area (Å²) in [6.07, 6.45) is 0.957. The third kappa shape index (κ3) is 3.48. The number of nitrogens with one attached hydrogen (secondary N) is 2. The van der Waals surface area contributed by atoms with Crippen LogP contribution in [0, 0.1) is 5.92 Å². The van der Waals surface area contributed by atoms with Crippen LogP contribution in [-0.4, -0.2) is 30.0 Å². The lowest BCUT2D eigenvalue weighted by Crippen LogP contribution is -2.48. The first-order chi connectivity index (χ1) is 10.6. The predicted molar refractivity (Wildman–Crippen MR) is 90.5 cm³/mol. The van der Waals surface area contributed by atoms with Crippen molar-refractivity contribution in [2.75, 3.05) is 13.1 Å². The lowest BCUT2D eigenvalue weighted by molar-refractivity contribution is 0.0910. The fraction of sp³-hybridized carbons (Fsp3) is 0.375. The minimum atomic E-state index is -0.0942. The number of thiazole rings is 1. The second kappa shape index (κ2) is 6.77. The van der Waals surface area contributed by atoms with Crippen molar-refractivity contribution in [2.24, 2.45) is 5.92 Å². The molecule has 2 heterocycles. The van der Waals surface area contributed by atoms with Gasteiger partial charge in [0, 0.05) is 22.0 Å². The zero-order valence-electron chi connectivity index (χ0n) is 12.3. The smallest absolute Gasteiger partial charge is 0.271 e. The molecule has 1 aromatic heterocycles. The number of halogens is 1. The Labute approximate surface area is 138 Å². The molecule has 1 saturated heterocycles. The molecule has 22 heavy (non-hydrogen) atoms. The zero-order valence-corrected chi connectivity index (χ0v) is 13.9. The fourth-order valence-electron chi connectivity index (χ4n) is 2.60. The Hall–Kier alpha value is -1.43. The summed E-state index contributed by atoms with van der Waals surface area (Å²) in [6, 6.07) is 7.73. The van der Waals surface area contributed by atoms with E-state index in [4.69, 9.17) is 11.6 Å². The number of hydrogen-bond donors (Lipinski definition) is 2. The Morgan fingerprint density at radius 2 is 2.36 bits per heavy atom. The van der Waals surface area contributed by atoms with E-state index in [1.54, 1.807) is 5.38 Å². The monoisotopic (exact) mass is 335 g/mol. The van der Waals surface area contributed by atoms with Crippen LogP contribution < -0.4 is 10.6 Å². The van der Waals surface area contributed by atoms with Crippen LogP contribution in [0.2, 0.25) is 5.02 Å². The van der Waals surface area contributed by atoms with Gasteiger partial charge in [-0.25, -0.2) is 4.98 Å². The Balaban J connectivity index is 1.71. The van der Waals surface area contributed by atoms with Crippen LogP contribution in [0.25, 0.3) is 10.6 Å². The lowest BCUT2D eigenvalue weighted by atomic mass is 9.95. The van der Waals surface area contributed by atoms with Gasteiger partial charge in [0.05, 0.1) is 0 Å². The van der Waals surface area contributed by atoms with Crippen LogP contribution in [0.1, 0.15) is 23.8 Å². The molecule has 2 N–H and O–H groups in total. The Morgan fingerprint density at radius 3 is 3.14 bits per heavy atom. The average molecular weight is 336 g/mol. The first-order valence-corrected chi connectivity index (χ1v) is 8.62. The molecule has 1 amide bonds. The summed E-state index contributed by atoms with van der Waals surface area (Å²) in [5, 5.41) is 9.71. The standard InChI is InChI=1S/C16H18ClN3OS/c1-10-8-18-6-5-13(10)19-15(21)14-9-22-16(20-14)11-3-2-4-12(17)7-11/h2-4,7,9-10,13,18H,5-6,8H2,1H3,(H,19,21). The van der Waals surface area contributed by atoms with E-state index in [9.17, 15) is 4.79 Å². The maximum Gasteiger partial charge on any atom is 0.271 e. The number of hydrogen-bond acceptors (Lipinski definition) is 4. The fourth-order valence-corrected chi connectivity index (χ4v) is 3.59. The molecule has 0 saturated carbocycles. The number of carbonyl (C=O) groups excluding carboxylic acids is 1. The van der Waals surface area contributed by atoms with Gasteiger partial charge in [-0.3, -0.25) is 4.79 Å². The van der Waals surface area contributed by atoms with Crippen molar-refractivity contribution < 1.29 is 4.79 Å².